The molecule has 0 aliphatic heterocycles. The van der Waals surface area contributed by atoms with E-state index in [2.05, 4.69) is 24.0 Å². The lowest BCUT2D eigenvalue weighted by Crippen LogP contribution is -2.27. The summed E-state index contributed by atoms with van der Waals surface area (Å²) in [5.41, 5.74) is -1.79. The molecule has 5 nitrogen and oxygen atoms in total. The van der Waals surface area contributed by atoms with Crippen molar-refractivity contribution in [3.8, 4) is 0 Å². The van der Waals surface area contributed by atoms with Gasteiger partial charge < -0.3 is 4.55 Å². The molecular weight excluding hydrogens is 340 g/mol. The lowest BCUT2D eigenvalue weighted by atomic mass is 10.2. The van der Waals surface area contributed by atoms with Crippen molar-refractivity contribution in [1.29, 1.82) is 0 Å². The van der Waals surface area contributed by atoms with Crippen LogP contribution in [0.25, 0.3) is 0 Å². The van der Waals surface area contributed by atoms with E-state index >= 15 is 0 Å². The summed E-state index contributed by atoms with van der Waals surface area (Å²) in [6.45, 7) is 3.18. The Balaban J connectivity index is 0.000000277. The van der Waals surface area contributed by atoms with Crippen LogP contribution in [0, 0.1) is 11.6 Å². The van der Waals surface area contributed by atoms with Gasteiger partial charge in [0.25, 0.3) is 0 Å². The van der Waals surface area contributed by atoms with Gasteiger partial charge in [-0.25, -0.2) is 26.3 Å². The quantitative estimate of drug-likeness (QED) is 0.480. The van der Waals surface area contributed by atoms with Gasteiger partial charge in [-0.3, -0.25) is 0 Å². The molecule has 1 aromatic heterocycles. The van der Waals surface area contributed by atoms with Crippen LogP contribution in [-0.4, -0.2) is 17.5 Å². The average molecular weight is 354 g/mol. The standard InChI is InChI=1S/C7H4F4O3S.C6H11N2/c8-5-3-1-2-4(6(5)9)7(10,11)15(12,13)14;1-3-8-5-4-7(2)6-8/h1-3H,(H,12,13,14);4-6H,3H2,1-2H3/q;+1/p-1. The molecule has 2 rings (SSSR count). The third-order valence-electron chi connectivity index (χ3n) is 2.77. The van der Waals surface area contributed by atoms with Crippen molar-refractivity contribution in [2.24, 2.45) is 7.05 Å². The van der Waals surface area contributed by atoms with Gasteiger partial charge in [0.05, 0.1) is 19.2 Å². The summed E-state index contributed by atoms with van der Waals surface area (Å²) >= 11 is 0. The first kappa shape index (κ1) is 19.1. The summed E-state index contributed by atoms with van der Waals surface area (Å²) in [5, 5.41) is -4.99. The average Bonchev–Trinajstić information content (AvgIpc) is 2.87. The third-order valence-corrected chi connectivity index (χ3v) is 3.62. The number of alkyl halides is 2. The molecule has 0 saturated carbocycles. The van der Waals surface area contributed by atoms with Crippen LogP contribution < -0.4 is 4.57 Å². The number of halogens is 4. The van der Waals surface area contributed by atoms with E-state index in [9.17, 15) is 30.5 Å². The molecule has 1 aromatic carbocycles. The van der Waals surface area contributed by atoms with E-state index < -0.39 is 32.6 Å². The second kappa shape index (κ2) is 7.09. The number of hydrogen-bond acceptors (Lipinski definition) is 3. The Morgan fingerprint density at radius 1 is 1.30 bits per heavy atom. The van der Waals surface area contributed by atoms with Crippen molar-refractivity contribution < 1.29 is 35.1 Å². The molecule has 2 aromatic rings. The topological polar surface area (TPSA) is 66.0 Å². The monoisotopic (exact) mass is 354 g/mol. The summed E-state index contributed by atoms with van der Waals surface area (Å²) in [6, 6.07) is 1.52. The van der Waals surface area contributed by atoms with E-state index in [0.717, 1.165) is 6.54 Å². The lowest BCUT2D eigenvalue weighted by Gasteiger charge is -2.20. The van der Waals surface area contributed by atoms with E-state index in [0.29, 0.717) is 18.2 Å². The molecule has 10 heteroatoms. The number of benzene rings is 1. The minimum Gasteiger partial charge on any atom is -0.743 e. The molecular formula is C13H14F4N2O3S. The molecule has 1 heterocycles. The number of aromatic nitrogens is 2. The Hall–Kier alpha value is -1.94. The van der Waals surface area contributed by atoms with Crippen molar-refractivity contribution in [2.45, 2.75) is 18.7 Å². The molecule has 0 N–H and O–H groups in total. The lowest BCUT2D eigenvalue weighted by molar-refractivity contribution is -0.671. The Labute approximate surface area is 130 Å². The van der Waals surface area contributed by atoms with Crippen LogP contribution in [0.1, 0.15) is 12.5 Å². The maximum atomic E-state index is 12.8. The zero-order valence-corrected chi connectivity index (χ0v) is 13.0. The largest absolute Gasteiger partial charge is 0.743 e. The van der Waals surface area contributed by atoms with Gasteiger partial charge in [0, 0.05) is 0 Å². The van der Waals surface area contributed by atoms with Gasteiger partial charge in [-0.1, -0.05) is 6.07 Å². The summed E-state index contributed by atoms with van der Waals surface area (Å²) in [5.74, 6) is -3.71. The molecule has 0 spiro atoms. The summed E-state index contributed by atoms with van der Waals surface area (Å²) < 4.78 is 85.4. The molecule has 23 heavy (non-hydrogen) atoms. The first-order chi connectivity index (χ1) is 10.5. The molecule has 0 fully saturated rings. The van der Waals surface area contributed by atoms with Gasteiger partial charge in [0.15, 0.2) is 21.8 Å². The Morgan fingerprint density at radius 2 is 1.91 bits per heavy atom. The molecule has 0 amide bonds. The predicted octanol–water partition coefficient (Wildman–Crippen LogP) is 1.89. The van der Waals surface area contributed by atoms with Crippen molar-refractivity contribution >= 4 is 10.1 Å². The second-order valence-electron chi connectivity index (χ2n) is 4.48. The second-order valence-corrected chi connectivity index (χ2v) is 5.90. The molecule has 0 unspecified atom stereocenters. The third kappa shape index (κ3) is 4.52. The Kier molecular flexibility index (Phi) is 5.89. The zero-order valence-electron chi connectivity index (χ0n) is 12.2. The summed E-state index contributed by atoms with van der Waals surface area (Å²) in [7, 11) is -4.06. The van der Waals surface area contributed by atoms with Crippen LogP contribution in [-0.2, 0) is 29.0 Å². The number of nitrogens with zero attached hydrogens (tertiary/aromatic N) is 2. The van der Waals surface area contributed by atoms with Crippen LogP contribution in [0.2, 0.25) is 0 Å². The van der Waals surface area contributed by atoms with Crippen LogP contribution in [0.5, 0.6) is 0 Å². The molecule has 0 aliphatic rings. The summed E-state index contributed by atoms with van der Waals surface area (Å²) in [6.07, 6.45) is 6.14. The fraction of sp³-hybridized carbons (Fsp3) is 0.308. The highest BCUT2D eigenvalue weighted by molar-refractivity contribution is 7.86. The van der Waals surface area contributed by atoms with E-state index in [-0.39, 0.29) is 0 Å². The molecule has 128 valence electrons. The van der Waals surface area contributed by atoms with E-state index in [1.807, 2.05) is 17.8 Å². The predicted molar refractivity (Wildman–Crippen MR) is 71.2 cm³/mol. The van der Waals surface area contributed by atoms with Crippen LogP contribution in [0.4, 0.5) is 17.6 Å². The van der Waals surface area contributed by atoms with Gasteiger partial charge in [-0.15, -0.1) is 0 Å². The van der Waals surface area contributed by atoms with E-state index in [1.54, 1.807) is 0 Å². The minimum absolute atomic E-state index is 0.327. The fourth-order valence-electron chi connectivity index (χ4n) is 1.55. The maximum absolute atomic E-state index is 12.8. The summed E-state index contributed by atoms with van der Waals surface area (Å²) in [4.78, 5) is 0. The van der Waals surface area contributed by atoms with E-state index in [4.69, 9.17) is 0 Å². The van der Waals surface area contributed by atoms with Gasteiger partial charge >= 0.3 is 5.25 Å². The molecule has 0 radical (unpaired) electrons. The van der Waals surface area contributed by atoms with Crippen LogP contribution in [0.3, 0.4) is 0 Å². The van der Waals surface area contributed by atoms with Crippen molar-refractivity contribution in [3.05, 3.63) is 54.1 Å². The number of imidazole rings is 1. The van der Waals surface area contributed by atoms with Crippen molar-refractivity contribution in [2.75, 3.05) is 0 Å². The highest BCUT2D eigenvalue weighted by Crippen LogP contribution is 2.35. The smallest absolute Gasteiger partial charge is 0.362 e. The van der Waals surface area contributed by atoms with Crippen LogP contribution >= 0.6 is 0 Å². The fourth-order valence-corrected chi connectivity index (χ4v) is 1.98. The van der Waals surface area contributed by atoms with E-state index in [1.165, 1.54) is 0 Å². The number of hydrogen-bond donors (Lipinski definition) is 0. The van der Waals surface area contributed by atoms with Crippen LogP contribution in [0.15, 0.2) is 36.9 Å². The molecule has 0 bridgehead atoms. The van der Waals surface area contributed by atoms with Gasteiger partial charge in [0.1, 0.15) is 12.4 Å². The van der Waals surface area contributed by atoms with Gasteiger partial charge in [0.2, 0.25) is 6.33 Å². The Bertz CT molecular complexity index is 775. The van der Waals surface area contributed by atoms with Crippen molar-refractivity contribution in [3.63, 3.8) is 0 Å². The first-order valence-electron chi connectivity index (χ1n) is 6.29. The number of aryl methyl sites for hydroxylation is 2. The molecule has 0 atom stereocenters. The highest BCUT2D eigenvalue weighted by Gasteiger charge is 2.42. The van der Waals surface area contributed by atoms with Gasteiger partial charge in [-0.2, -0.15) is 8.78 Å². The zero-order chi connectivity index (χ0) is 17.8. The highest BCUT2D eigenvalue weighted by atomic mass is 32.2. The minimum atomic E-state index is -6.08. The number of rotatable bonds is 3. The molecule has 0 aliphatic carbocycles. The maximum Gasteiger partial charge on any atom is 0.362 e. The normalized spacial score (nSPS) is 11.8. The van der Waals surface area contributed by atoms with Crippen molar-refractivity contribution in [1.82, 2.24) is 4.57 Å². The SMILES string of the molecule is CCn1cc[n+](C)c1.O=S(=O)([O-])C(F)(F)c1cccc(F)c1F. The first-order valence-corrected chi connectivity index (χ1v) is 7.70. The molecule has 0 saturated heterocycles. The Morgan fingerprint density at radius 3 is 2.30 bits per heavy atom. The van der Waals surface area contributed by atoms with Gasteiger partial charge in [-0.05, 0) is 19.1 Å².